The lowest BCUT2D eigenvalue weighted by atomic mass is 10.1. The Bertz CT molecular complexity index is 836. The van der Waals surface area contributed by atoms with Crippen LogP contribution in [0.1, 0.15) is 40.8 Å². The molecule has 2 aliphatic heterocycles. The number of aromatic amines is 1. The number of aliphatic hydroxyl groups is 1. The summed E-state index contributed by atoms with van der Waals surface area (Å²) in [5, 5.41) is 10.5. The summed E-state index contributed by atoms with van der Waals surface area (Å²) in [6, 6.07) is 1.17. The van der Waals surface area contributed by atoms with Gasteiger partial charge < -0.3 is 24.1 Å². The van der Waals surface area contributed by atoms with Crippen LogP contribution in [0.25, 0.3) is 0 Å². The van der Waals surface area contributed by atoms with Crippen LogP contribution in [0.15, 0.2) is 21.9 Å². The molecule has 5 atom stereocenters. The third-order valence-electron chi connectivity index (χ3n) is 4.15. The second-order valence-electron chi connectivity index (χ2n) is 8.05. The van der Waals surface area contributed by atoms with E-state index in [4.69, 9.17) is 18.9 Å². The number of nitrogens with one attached hydrogen (secondary N) is 1. The van der Waals surface area contributed by atoms with E-state index in [1.54, 1.807) is 34.6 Å². The van der Waals surface area contributed by atoms with E-state index in [0.29, 0.717) is 0 Å². The Morgan fingerprint density at radius 2 is 1.93 bits per heavy atom. The fourth-order valence-corrected chi connectivity index (χ4v) is 3.21. The Morgan fingerprint density at radius 1 is 1.30 bits per heavy atom. The molecule has 0 bridgehead atoms. The summed E-state index contributed by atoms with van der Waals surface area (Å²) < 4.78 is 23.7. The van der Waals surface area contributed by atoms with Crippen LogP contribution < -0.4 is 11.2 Å². The van der Waals surface area contributed by atoms with Crippen LogP contribution in [0.4, 0.5) is 0 Å². The summed E-state index contributed by atoms with van der Waals surface area (Å²) >= 11 is 0. The maximum atomic E-state index is 12.3. The Hall–Kier alpha value is -2.01. The smallest absolute Gasteiger partial charge is 0.338 e. The summed E-state index contributed by atoms with van der Waals surface area (Å²) in [4.78, 5) is 37.9. The second kappa shape index (κ2) is 6.55. The quantitative estimate of drug-likeness (QED) is 0.677. The highest BCUT2D eigenvalue weighted by molar-refractivity contribution is 5.75. The lowest BCUT2D eigenvalue weighted by Gasteiger charge is -2.28. The minimum Gasteiger partial charge on any atom is -0.458 e. The summed E-state index contributed by atoms with van der Waals surface area (Å²) in [5.41, 5.74) is -2.05. The van der Waals surface area contributed by atoms with Crippen molar-refractivity contribution >= 4 is 5.97 Å². The summed E-state index contributed by atoms with van der Waals surface area (Å²) in [6.45, 7) is 8.38. The molecule has 10 heteroatoms. The normalized spacial score (nSPS) is 30.7. The standard InChI is InChI=1S/C17H24N2O8/c1-16(2,3)27-14(22)9(21)10-11-12(26-17(4,5)25-11)13(24-10)19-7-6-8(20)18-15(19)23/h6-7,9-13,21H,1-5H3,(H,18,20,23)/t9?,10-,11-,12-,13-/m1/s1. The lowest BCUT2D eigenvalue weighted by molar-refractivity contribution is -0.214. The molecule has 0 amide bonds. The second-order valence-corrected chi connectivity index (χ2v) is 8.05. The van der Waals surface area contributed by atoms with Crippen LogP contribution in [0.3, 0.4) is 0 Å². The zero-order chi connectivity index (χ0) is 20.1. The lowest BCUT2D eigenvalue weighted by Crippen LogP contribution is -2.45. The summed E-state index contributed by atoms with van der Waals surface area (Å²) in [7, 11) is 0. The van der Waals surface area contributed by atoms with E-state index in [9.17, 15) is 19.5 Å². The average molecular weight is 384 g/mol. The average Bonchev–Trinajstić information content (AvgIpc) is 2.98. The first-order valence-corrected chi connectivity index (χ1v) is 8.61. The van der Waals surface area contributed by atoms with E-state index < -0.39 is 59.3 Å². The van der Waals surface area contributed by atoms with Crippen molar-refractivity contribution in [2.24, 2.45) is 0 Å². The number of hydrogen-bond acceptors (Lipinski definition) is 8. The minimum atomic E-state index is -1.64. The van der Waals surface area contributed by atoms with Crippen LogP contribution in [-0.4, -0.2) is 56.4 Å². The molecule has 2 N–H and O–H groups in total. The van der Waals surface area contributed by atoms with Crippen molar-refractivity contribution in [3.8, 4) is 0 Å². The number of hydrogen-bond donors (Lipinski definition) is 2. The SMILES string of the molecule is CC(C)(C)OC(=O)C(O)[C@H]1O[C@@H](n2ccc(=O)[nH]c2=O)[C@@H]2OC(C)(C)O[C@@H]21. The van der Waals surface area contributed by atoms with Gasteiger partial charge in [0.05, 0.1) is 0 Å². The van der Waals surface area contributed by atoms with Gasteiger partial charge in [0.25, 0.3) is 5.56 Å². The molecule has 3 heterocycles. The van der Waals surface area contributed by atoms with Crippen molar-refractivity contribution in [3.63, 3.8) is 0 Å². The van der Waals surface area contributed by atoms with Crippen molar-refractivity contribution < 1.29 is 28.8 Å². The van der Waals surface area contributed by atoms with Gasteiger partial charge in [0.1, 0.15) is 23.9 Å². The Morgan fingerprint density at radius 3 is 2.52 bits per heavy atom. The van der Waals surface area contributed by atoms with E-state index in [-0.39, 0.29) is 0 Å². The van der Waals surface area contributed by atoms with Gasteiger partial charge in [-0.05, 0) is 34.6 Å². The van der Waals surface area contributed by atoms with Crippen LogP contribution in [0.2, 0.25) is 0 Å². The van der Waals surface area contributed by atoms with Crippen LogP contribution >= 0.6 is 0 Å². The fraction of sp³-hybridized carbons (Fsp3) is 0.706. The van der Waals surface area contributed by atoms with Gasteiger partial charge in [-0.3, -0.25) is 14.3 Å². The number of carbonyl (C=O) groups excluding carboxylic acids is 1. The minimum absolute atomic E-state index is 0.556. The van der Waals surface area contributed by atoms with E-state index in [2.05, 4.69) is 4.98 Å². The van der Waals surface area contributed by atoms with Gasteiger partial charge in [0.15, 0.2) is 18.1 Å². The van der Waals surface area contributed by atoms with Gasteiger partial charge in [0, 0.05) is 12.3 Å². The molecule has 1 unspecified atom stereocenters. The molecular weight excluding hydrogens is 360 g/mol. The van der Waals surface area contributed by atoms with Gasteiger partial charge in [0.2, 0.25) is 0 Å². The van der Waals surface area contributed by atoms with E-state index in [1.165, 1.54) is 12.3 Å². The van der Waals surface area contributed by atoms with E-state index in [0.717, 1.165) is 4.57 Å². The first-order chi connectivity index (χ1) is 12.4. The van der Waals surface area contributed by atoms with Crippen molar-refractivity contribution in [1.29, 1.82) is 0 Å². The molecule has 1 aromatic rings. The maximum Gasteiger partial charge on any atom is 0.338 e. The van der Waals surface area contributed by atoms with Crippen LogP contribution in [-0.2, 0) is 23.7 Å². The Labute approximate surface area is 155 Å². The molecule has 1 aromatic heterocycles. The zero-order valence-electron chi connectivity index (χ0n) is 15.8. The van der Waals surface area contributed by atoms with Crippen LogP contribution in [0.5, 0.6) is 0 Å². The van der Waals surface area contributed by atoms with E-state index >= 15 is 0 Å². The van der Waals surface area contributed by atoms with Gasteiger partial charge in [-0.1, -0.05) is 0 Å². The number of aromatic nitrogens is 2. The molecule has 150 valence electrons. The highest BCUT2D eigenvalue weighted by Gasteiger charge is 2.59. The van der Waals surface area contributed by atoms with Crippen molar-refractivity contribution in [1.82, 2.24) is 9.55 Å². The molecule has 0 aliphatic carbocycles. The number of ether oxygens (including phenoxy) is 4. The first kappa shape index (κ1) is 19.7. The van der Waals surface area contributed by atoms with Crippen molar-refractivity contribution in [2.75, 3.05) is 0 Å². The number of carbonyl (C=O) groups is 1. The number of esters is 1. The molecule has 0 saturated carbocycles. The van der Waals surface area contributed by atoms with Crippen molar-refractivity contribution in [2.45, 2.75) is 76.7 Å². The third kappa shape index (κ3) is 3.98. The molecule has 2 saturated heterocycles. The van der Waals surface area contributed by atoms with Gasteiger partial charge >= 0.3 is 11.7 Å². The van der Waals surface area contributed by atoms with E-state index in [1.807, 2.05) is 0 Å². The molecule has 27 heavy (non-hydrogen) atoms. The molecule has 0 aromatic carbocycles. The van der Waals surface area contributed by atoms with Crippen LogP contribution in [0, 0.1) is 0 Å². The first-order valence-electron chi connectivity index (χ1n) is 8.61. The molecule has 10 nitrogen and oxygen atoms in total. The summed E-state index contributed by atoms with van der Waals surface area (Å²) in [6.07, 6.45) is -4.08. The molecule has 3 rings (SSSR count). The monoisotopic (exact) mass is 384 g/mol. The molecular formula is C17H24N2O8. The fourth-order valence-electron chi connectivity index (χ4n) is 3.21. The number of fused-ring (bicyclic) bond motifs is 1. The van der Waals surface area contributed by atoms with Gasteiger partial charge in [-0.25, -0.2) is 9.59 Å². The maximum absolute atomic E-state index is 12.3. The van der Waals surface area contributed by atoms with Gasteiger partial charge in [-0.2, -0.15) is 0 Å². The highest BCUT2D eigenvalue weighted by atomic mass is 16.8. The highest BCUT2D eigenvalue weighted by Crippen LogP contribution is 2.43. The van der Waals surface area contributed by atoms with Crippen molar-refractivity contribution in [3.05, 3.63) is 33.1 Å². The Balaban J connectivity index is 1.91. The largest absolute Gasteiger partial charge is 0.458 e. The number of aliphatic hydroxyl groups excluding tert-OH is 1. The molecule has 0 radical (unpaired) electrons. The number of H-pyrrole nitrogens is 1. The zero-order valence-corrected chi connectivity index (χ0v) is 15.8. The third-order valence-corrected chi connectivity index (χ3v) is 4.15. The number of rotatable bonds is 3. The Kier molecular flexibility index (Phi) is 4.79. The summed E-state index contributed by atoms with van der Waals surface area (Å²) in [5.74, 6) is -1.87. The molecule has 0 spiro atoms. The predicted molar refractivity (Wildman–Crippen MR) is 90.9 cm³/mol. The molecule has 2 fully saturated rings. The molecule has 2 aliphatic rings. The number of nitrogens with zero attached hydrogens (tertiary/aromatic N) is 1. The topological polar surface area (TPSA) is 129 Å². The predicted octanol–water partition coefficient (Wildman–Crippen LogP) is -0.343. The van der Waals surface area contributed by atoms with Gasteiger partial charge in [-0.15, -0.1) is 0 Å².